The summed E-state index contributed by atoms with van der Waals surface area (Å²) in [6.07, 6.45) is -13.4. The van der Waals surface area contributed by atoms with Gasteiger partial charge in [-0.15, -0.1) is 0 Å². The van der Waals surface area contributed by atoms with Crippen LogP contribution in [0.5, 0.6) is 0 Å². The number of hydrogen-bond acceptors (Lipinski definition) is 13. The van der Waals surface area contributed by atoms with Gasteiger partial charge in [0, 0.05) is 11.1 Å². The molecule has 4 aliphatic rings. The van der Waals surface area contributed by atoms with Crippen LogP contribution in [0.15, 0.2) is 152 Å². The van der Waals surface area contributed by atoms with E-state index in [9.17, 15) is 14.7 Å². The van der Waals surface area contributed by atoms with E-state index >= 15 is 0 Å². The molecule has 13 nitrogen and oxygen atoms in total. The van der Waals surface area contributed by atoms with Crippen molar-refractivity contribution in [3.05, 3.63) is 179 Å². The summed E-state index contributed by atoms with van der Waals surface area (Å²) >= 11 is 0. The lowest BCUT2D eigenvalue weighted by Gasteiger charge is -2.51. The maximum absolute atomic E-state index is 13.9. The van der Waals surface area contributed by atoms with Gasteiger partial charge in [-0.3, -0.25) is 0 Å². The molecule has 4 aliphatic heterocycles. The van der Waals surface area contributed by atoms with Crippen LogP contribution in [0.4, 0.5) is 0 Å². The van der Waals surface area contributed by atoms with Gasteiger partial charge in [-0.05, 0) is 29.8 Å². The molecule has 1 N–H and O–H groups in total. The van der Waals surface area contributed by atoms with Crippen LogP contribution in [0.1, 0.15) is 50.0 Å². The van der Waals surface area contributed by atoms with Crippen molar-refractivity contribution in [2.45, 2.75) is 80.6 Å². The van der Waals surface area contributed by atoms with Crippen LogP contribution in [0, 0.1) is 0 Å². The largest absolute Gasteiger partial charge is 0.450 e. The van der Waals surface area contributed by atoms with Crippen molar-refractivity contribution < 1.29 is 62.1 Å². The Labute approximate surface area is 346 Å². The third-order valence-corrected chi connectivity index (χ3v) is 10.8. The smallest absolute Gasteiger partial charge is 0.338 e. The molecule has 5 aromatic carbocycles. The Balaban J connectivity index is 1.07. The van der Waals surface area contributed by atoms with Crippen LogP contribution in [-0.2, 0) is 54.0 Å². The van der Waals surface area contributed by atoms with Gasteiger partial charge in [0.2, 0.25) is 0 Å². The molecule has 0 radical (unpaired) electrons. The summed E-state index contributed by atoms with van der Waals surface area (Å²) in [4.78, 5) is 27.7. The normalized spacial score (nSPS) is 31.2. The summed E-state index contributed by atoms with van der Waals surface area (Å²) in [6, 6.07) is 45.0. The first-order valence-electron chi connectivity index (χ1n) is 19.9. The van der Waals surface area contributed by atoms with Crippen LogP contribution >= 0.6 is 0 Å². The topological polar surface area (TPSA) is 147 Å². The molecule has 4 heterocycles. The van der Waals surface area contributed by atoms with E-state index in [-0.39, 0.29) is 30.9 Å². The summed E-state index contributed by atoms with van der Waals surface area (Å²) < 4.78 is 64.0. The van der Waals surface area contributed by atoms with Gasteiger partial charge in [0.1, 0.15) is 36.6 Å². The molecule has 0 aliphatic carbocycles. The minimum Gasteiger partial charge on any atom is -0.450 e. The molecule has 13 heteroatoms. The van der Waals surface area contributed by atoms with Crippen LogP contribution in [0.25, 0.3) is 0 Å². The zero-order chi connectivity index (χ0) is 40.8. The lowest BCUT2D eigenvalue weighted by Crippen LogP contribution is -2.68. The highest BCUT2D eigenvalue weighted by molar-refractivity contribution is 5.90. The maximum atomic E-state index is 13.9. The van der Waals surface area contributed by atoms with Gasteiger partial charge < -0.3 is 52.5 Å². The third kappa shape index (κ3) is 8.91. The summed E-state index contributed by atoms with van der Waals surface area (Å²) in [6.45, 7) is 0.165. The SMILES string of the molecule is O=C(OC1[C@H](O[C@@H]2C(OC(=O)c3ccccc3)[C@H](OCc3ccccc3)OC3COC(c4ccccc4)O[C@H]32)OC2COC(c3ccccc3)O[C@H]2[C@@H]1O)c1ccccc1. The number of hydrogen-bond donors (Lipinski definition) is 1. The Morgan fingerprint density at radius 3 is 1.52 bits per heavy atom. The minimum atomic E-state index is -1.47. The van der Waals surface area contributed by atoms with E-state index < -0.39 is 85.9 Å². The highest BCUT2D eigenvalue weighted by Crippen LogP contribution is 2.41. The lowest BCUT2D eigenvalue weighted by molar-refractivity contribution is -0.404. The van der Waals surface area contributed by atoms with E-state index in [1.165, 1.54) is 0 Å². The second-order valence-electron chi connectivity index (χ2n) is 14.8. The fourth-order valence-corrected chi connectivity index (χ4v) is 7.76. The quantitative estimate of drug-likeness (QED) is 0.154. The van der Waals surface area contributed by atoms with Gasteiger partial charge in [-0.1, -0.05) is 127 Å². The van der Waals surface area contributed by atoms with Gasteiger partial charge in [0.05, 0.1) is 30.9 Å². The molecular weight excluding hydrogens is 773 g/mol. The zero-order valence-corrected chi connectivity index (χ0v) is 32.3. The minimum absolute atomic E-state index is 0.00991. The molecule has 4 saturated heterocycles. The van der Waals surface area contributed by atoms with Crippen molar-refractivity contribution in [3.63, 3.8) is 0 Å². The second kappa shape index (κ2) is 18.5. The fourth-order valence-electron chi connectivity index (χ4n) is 7.76. The number of rotatable bonds is 11. The number of benzene rings is 5. The molecule has 310 valence electrons. The van der Waals surface area contributed by atoms with Crippen molar-refractivity contribution in [2.24, 2.45) is 0 Å². The first kappa shape index (κ1) is 40.1. The number of esters is 2. The predicted molar refractivity (Wildman–Crippen MR) is 211 cm³/mol. The summed E-state index contributed by atoms with van der Waals surface area (Å²) in [5, 5.41) is 12.2. The van der Waals surface area contributed by atoms with E-state index in [0.29, 0.717) is 0 Å². The molecule has 6 unspecified atom stereocenters. The highest BCUT2D eigenvalue weighted by Gasteiger charge is 2.58. The standard InChI is InChI=1S/C47H44O13/c48-36-37-34(27-52-44(58-37)32-22-12-4-13-23-32)55-47(39(36)56-42(49)30-18-8-2-9-19-30)60-40-38-35(28-53-45(59-38)33-24-14-5-15-25-33)54-46(51-26-29-16-6-1-7-17-29)41(40)57-43(50)31-20-10-3-11-21-31/h1-25,34-41,44-48H,26-28H2/t34?,35?,36-,37+,38+,39?,40-,41?,44?,45?,46+,47-/m0/s1. The lowest BCUT2D eigenvalue weighted by atomic mass is 9.95. The van der Waals surface area contributed by atoms with Gasteiger partial charge in [-0.25, -0.2) is 9.59 Å². The first-order valence-corrected chi connectivity index (χ1v) is 19.9. The Morgan fingerprint density at radius 2 is 0.967 bits per heavy atom. The van der Waals surface area contributed by atoms with E-state index in [4.69, 9.17) is 47.4 Å². The molecule has 4 fully saturated rings. The van der Waals surface area contributed by atoms with Crippen molar-refractivity contribution >= 4 is 11.9 Å². The third-order valence-electron chi connectivity index (χ3n) is 10.8. The van der Waals surface area contributed by atoms with Gasteiger partial charge >= 0.3 is 11.9 Å². The molecule has 9 rings (SSSR count). The Hall–Kier alpha value is -5.32. The number of carbonyl (C=O) groups is 2. The van der Waals surface area contributed by atoms with Crippen LogP contribution < -0.4 is 0 Å². The highest BCUT2D eigenvalue weighted by atomic mass is 16.8. The number of aliphatic hydroxyl groups is 1. The predicted octanol–water partition coefficient (Wildman–Crippen LogP) is 6.08. The van der Waals surface area contributed by atoms with E-state index in [1.54, 1.807) is 60.7 Å². The Bertz CT molecular complexity index is 2150. The monoisotopic (exact) mass is 816 g/mol. The Kier molecular flexibility index (Phi) is 12.4. The average molecular weight is 817 g/mol. The van der Waals surface area contributed by atoms with E-state index in [0.717, 1.165) is 16.7 Å². The number of aliphatic hydroxyl groups excluding tert-OH is 1. The fraction of sp³-hybridized carbons (Fsp3) is 0.319. The summed E-state index contributed by atoms with van der Waals surface area (Å²) in [7, 11) is 0. The van der Waals surface area contributed by atoms with Crippen molar-refractivity contribution in [2.75, 3.05) is 13.2 Å². The number of carbonyl (C=O) groups excluding carboxylic acids is 2. The maximum Gasteiger partial charge on any atom is 0.338 e. The van der Waals surface area contributed by atoms with Gasteiger partial charge in [0.25, 0.3) is 0 Å². The molecular formula is C47H44O13. The molecule has 0 bridgehead atoms. The van der Waals surface area contributed by atoms with Gasteiger partial charge in [0.15, 0.2) is 37.4 Å². The molecule has 0 amide bonds. The molecule has 60 heavy (non-hydrogen) atoms. The first-order chi connectivity index (χ1) is 29.5. The molecule has 5 aromatic rings. The molecule has 0 saturated carbocycles. The van der Waals surface area contributed by atoms with Crippen LogP contribution in [0.3, 0.4) is 0 Å². The summed E-state index contributed by atoms with van der Waals surface area (Å²) in [5.74, 6) is -1.40. The van der Waals surface area contributed by atoms with E-state index in [1.807, 2.05) is 91.0 Å². The second-order valence-corrected chi connectivity index (χ2v) is 14.8. The van der Waals surface area contributed by atoms with Crippen molar-refractivity contribution in [1.82, 2.24) is 0 Å². The van der Waals surface area contributed by atoms with Crippen LogP contribution in [-0.4, -0.2) is 91.7 Å². The van der Waals surface area contributed by atoms with Crippen molar-refractivity contribution in [3.8, 4) is 0 Å². The van der Waals surface area contributed by atoms with E-state index in [2.05, 4.69) is 0 Å². The Morgan fingerprint density at radius 1 is 0.517 bits per heavy atom. The zero-order valence-electron chi connectivity index (χ0n) is 32.3. The average Bonchev–Trinajstić information content (AvgIpc) is 3.31. The van der Waals surface area contributed by atoms with Crippen LogP contribution in [0.2, 0.25) is 0 Å². The summed E-state index contributed by atoms with van der Waals surface area (Å²) in [5.41, 5.74) is 2.84. The number of ether oxygens (including phenoxy) is 10. The number of fused-ring (bicyclic) bond motifs is 2. The molecule has 0 aromatic heterocycles. The van der Waals surface area contributed by atoms with Gasteiger partial charge in [-0.2, -0.15) is 0 Å². The van der Waals surface area contributed by atoms with Crippen molar-refractivity contribution in [1.29, 1.82) is 0 Å². The molecule has 12 atom stereocenters. The molecule has 0 spiro atoms.